The average molecular weight is 385 g/mol. The van der Waals surface area contributed by atoms with Crippen LogP contribution in [0, 0.1) is 0 Å². The lowest BCUT2D eigenvalue weighted by Gasteiger charge is -2.06. The smallest absolute Gasteiger partial charge is 0.331 e. The fraction of sp³-hybridized carbons (Fsp3) is 0.200. The van der Waals surface area contributed by atoms with Crippen molar-refractivity contribution in [2.75, 3.05) is 20.5 Å². The van der Waals surface area contributed by atoms with Crippen molar-refractivity contribution in [3.8, 4) is 23.0 Å². The number of methoxy groups -OCH3 is 1. The molecule has 0 spiro atoms. The Morgan fingerprint density at radius 3 is 2.82 bits per heavy atom. The lowest BCUT2D eigenvalue weighted by Crippen LogP contribution is -2.28. The predicted octanol–water partition coefficient (Wildman–Crippen LogP) is 2.00. The Morgan fingerprint density at radius 1 is 1.18 bits per heavy atom. The largest absolute Gasteiger partial charge is 0.504 e. The molecule has 8 heteroatoms. The quantitative estimate of drug-likeness (QED) is 0.555. The van der Waals surface area contributed by atoms with Crippen molar-refractivity contribution in [3.63, 3.8) is 0 Å². The van der Waals surface area contributed by atoms with E-state index in [0.717, 1.165) is 5.56 Å². The molecular weight excluding hydrogens is 366 g/mol. The summed E-state index contributed by atoms with van der Waals surface area (Å²) in [5, 5.41) is 12.2. The van der Waals surface area contributed by atoms with Crippen LogP contribution in [0.25, 0.3) is 6.08 Å². The van der Waals surface area contributed by atoms with E-state index in [9.17, 15) is 14.7 Å². The Morgan fingerprint density at radius 2 is 2.00 bits per heavy atom. The van der Waals surface area contributed by atoms with Gasteiger partial charge in [-0.1, -0.05) is 12.1 Å². The third-order valence-electron chi connectivity index (χ3n) is 3.89. The number of amides is 1. The highest BCUT2D eigenvalue weighted by molar-refractivity contribution is 5.89. The minimum atomic E-state index is -0.662. The van der Waals surface area contributed by atoms with Gasteiger partial charge in [0.15, 0.2) is 29.6 Å². The second-order valence-corrected chi connectivity index (χ2v) is 5.84. The molecule has 0 saturated carbocycles. The molecule has 0 radical (unpaired) electrons. The summed E-state index contributed by atoms with van der Waals surface area (Å²) in [5.41, 5.74) is 1.48. The number of hydrogen-bond donors (Lipinski definition) is 2. The summed E-state index contributed by atoms with van der Waals surface area (Å²) >= 11 is 0. The molecule has 2 aromatic carbocycles. The number of carbonyl (C=O) groups is 2. The molecule has 3 rings (SSSR count). The topological polar surface area (TPSA) is 103 Å². The van der Waals surface area contributed by atoms with E-state index in [0.29, 0.717) is 22.8 Å². The van der Waals surface area contributed by atoms with Crippen LogP contribution in [0.4, 0.5) is 0 Å². The van der Waals surface area contributed by atoms with Crippen LogP contribution in [0.15, 0.2) is 42.5 Å². The number of esters is 1. The molecule has 1 aliphatic heterocycles. The van der Waals surface area contributed by atoms with E-state index < -0.39 is 18.5 Å². The van der Waals surface area contributed by atoms with Gasteiger partial charge < -0.3 is 29.4 Å². The highest BCUT2D eigenvalue weighted by Gasteiger charge is 2.13. The number of nitrogens with one attached hydrogen (secondary N) is 1. The van der Waals surface area contributed by atoms with Crippen molar-refractivity contribution in [1.82, 2.24) is 5.32 Å². The molecule has 1 aliphatic rings. The van der Waals surface area contributed by atoms with E-state index in [1.54, 1.807) is 24.3 Å². The molecule has 1 heterocycles. The second-order valence-electron chi connectivity index (χ2n) is 5.84. The van der Waals surface area contributed by atoms with Gasteiger partial charge in [0.2, 0.25) is 6.79 Å². The second kappa shape index (κ2) is 8.81. The molecule has 8 nitrogen and oxygen atoms in total. The lowest BCUT2D eigenvalue weighted by molar-refractivity contribution is -0.143. The van der Waals surface area contributed by atoms with E-state index >= 15 is 0 Å². The number of phenolic OH excluding ortho intramolecular Hbond substituents is 1. The first-order chi connectivity index (χ1) is 13.5. The van der Waals surface area contributed by atoms with E-state index in [2.05, 4.69) is 5.32 Å². The predicted molar refractivity (Wildman–Crippen MR) is 99.1 cm³/mol. The maximum Gasteiger partial charge on any atom is 0.331 e. The van der Waals surface area contributed by atoms with Gasteiger partial charge in [-0.2, -0.15) is 0 Å². The molecule has 1 amide bonds. The molecule has 0 atom stereocenters. The van der Waals surface area contributed by atoms with E-state index in [-0.39, 0.29) is 19.1 Å². The molecule has 28 heavy (non-hydrogen) atoms. The maximum atomic E-state index is 11.8. The Kier molecular flexibility index (Phi) is 6.01. The molecule has 0 bridgehead atoms. The zero-order valence-electron chi connectivity index (χ0n) is 15.1. The lowest BCUT2D eigenvalue weighted by atomic mass is 10.2. The van der Waals surface area contributed by atoms with Gasteiger partial charge in [0.05, 0.1) is 7.11 Å². The number of carbonyl (C=O) groups excluding carboxylic acids is 2. The van der Waals surface area contributed by atoms with Gasteiger partial charge >= 0.3 is 5.97 Å². The van der Waals surface area contributed by atoms with Crippen molar-refractivity contribution in [2.45, 2.75) is 6.54 Å². The SMILES string of the molecule is COc1cc(/C=C/C(=O)OCC(=O)NCc2ccc3c(c2)OCO3)ccc1O. The molecule has 0 saturated heterocycles. The molecule has 0 aromatic heterocycles. The highest BCUT2D eigenvalue weighted by atomic mass is 16.7. The Hall–Kier alpha value is -3.68. The average Bonchev–Trinajstić information content (AvgIpc) is 3.18. The number of aromatic hydroxyl groups is 1. The summed E-state index contributed by atoms with van der Waals surface area (Å²) in [7, 11) is 1.43. The third kappa shape index (κ3) is 4.94. The van der Waals surface area contributed by atoms with Gasteiger partial charge in [0.25, 0.3) is 5.91 Å². The summed E-state index contributed by atoms with van der Waals surface area (Å²) in [6, 6.07) is 10.00. The highest BCUT2D eigenvalue weighted by Crippen LogP contribution is 2.32. The standard InChI is InChI=1S/C20H19NO7/c1-25-17-8-13(2-5-15(17)22)4-7-20(24)26-11-19(23)21-10-14-3-6-16-18(9-14)28-12-27-16/h2-9,22H,10-12H2,1H3,(H,21,23)/b7-4+. The first kappa shape index (κ1) is 19.1. The maximum absolute atomic E-state index is 11.8. The monoisotopic (exact) mass is 385 g/mol. The van der Waals surface area contributed by atoms with Gasteiger partial charge in [0, 0.05) is 12.6 Å². The Bertz CT molecular complexity index is 907. The number of fused-ring (bicyclic) bond motifs is 1. The normalized spacial score (nSPS) is 12.0. The molecule has 2 aromatic rings. The summed E-state index contributed by atoms with van der Waals surface area (Å²) in [5.74, 6) is 0.506. The summed E-state index contributed by atoms with van der Waals surface area (Å²) in [4.78, 5) is 23.6. The summed E-state index contributed by atoms with van der Waals surface area (Å²) in [6.07, 6.45) is 2.69. The van der Waals surface area contributed by atoms with Gasteiger partial charge in [-0.15, -0.1) is 0 Å². The number of benzene rings is 2. The molecule has 146 valence electrons. The van der Waals surface area contributed by atoms with Crippen LogP contribution in [0.2, 0.25) is 0 Å². The van der Waals surface area contributed by atoms with E-state index in [4.69, 9.17) is 18.9 Å². The molecule has 0 aliphatic carbocycles. The zero-order chi connectivity index (χ0) is 19.9. The number of rotatable bonds is 7. The van der Waals surface area contributed by atoms with Crippen molar-refractivity contribution < 1.29 is 33.6 Å². The minimum absolute atomic E-state index is 0.00126. The molecule has 0 unspecified atom stereocenters. The van der Waals surface area contributed by atoms with E-state index in [1.165, 1.54) is 25.3 Å². The minimum Gasteiger partial charge on any atom is -0.504 e. The van der Waals surface area contributed by atoms with E-state index in [1.807, 2.05) is 6.07 Å². The van der Waals surface area contributed by atoms with Crippen LogP contribution in [-0.2, 0) is 20.9 Å². The van der Waals surface area contributed by atoms with Gasteiger partial charge in [-0.3, -0.25) is 4.79 Å². The van der Waals surface area contributed by atoms with Crippen LogP contribution in [0.3, 0.4) is 0 Å². The third-order valence-corrected chi connectivity index (χ3v) is 3.89. The Balaban J connectivity index is 1.43. The van der Waals surface area contributed by atoms with Gasteiger partial charge in [-0.25, -0.2) is 4.79 Å². The first-order valence-corrected chi connectivity index (χ1v) is 8.42. The van der Waals surface area contributed by atoms with Gasteiger partial charge in [-0.05, 0) is 41.5 Å². The van der Waals surface area contributed by atoms with Crippen LogP contribution < -0.4 is 19.5 Å². The van der Waals surface area contributed by atoms with Gasteiger partial charge in [0.1, 0.15) is 0 Å². The number of hydrogen-bond acceptors (Lipinski definition) is 7. The fourth-order valence-electron chi connectivity index (χ4n) is 2.45. The first-order valence-electron chi connectivity index (χ1n) is 8.42. The van der Waals surface area contributed by atoms with Crippen molar-refractivity contribution in [1.29, 1.82) is 0 Å². The fourth-order valence-corrected chi connectivity index (χ4v) is 2.45. The number of phenols is 1. The van der Waals surface area contributed by atoms with Crippen molar-refractivity contribution in [3.05, 3.63) is 53.6 Å². The summed E-state index contributed by atoms with van der Waals surface area (Å²) in [6.45, 7) is 0.0638. The van der Waals surface area contributed by atoms with Crippen LogP contribution in [0.1, 0.15) is 11.1 Å². The number of ether oxygens (including phenoxy) is 4. The molecule has 2 N–H and O–H groups in total. The zero-order valence-corrected chi connectivity index (χ0v) is 15.1. The molecular formula is C20H19NO7. The van der Waals surface area contributed by atoms with Crippen molar-refractivity contribution in [2.24, 2.45) is 0 Å². The van der Waals surface area contributed by atoms with Crippen LogP contribution in [-0.4, -0.2) is 37.5 Å². The van der Waals surface area contributed by atoms with Crippen molar-refractivity contribution >= 4 is 18.0 Å². The van der Waals surface area contributed by atoms with Crippen LogP contribution in [0.5, 0.6) is 23.0 Å². The van der Waals surface area contributed by atoms with Crippen LogP contribution >= 0.6 is 0 Å². The Labute approximate surface area is 161 Å². The summed E-state index contributed by atoms with van der Waals surface area (Å²) < 4.78 is 20.4. The molecule has 0 fully saturated rings.